The molecule has 0 unspecified atom stereocenters. The van der Waals surface area contributed by atoms with E-state index in [1.54, 1.807) is 24.3 Å². The summed E-state index contributed by atoms with van der Waals surface area (Å²) in [4.78, 5) is 0. The highest BCUT2D eigenvalue weighted by Gasteiger charge is 2.09. The largest absolute Gasteiger partial charge is 0.489 e. The number of halogens is 2. The first-order valence-corrected chi connectivity index (χ1v) is 13.5. The van der Waals surface area contributed by atoms with Crippen molar-refractivity contribution in [1.29, 1.82) is 0 Å². The van der Waals surface area contributed by atoms with E-state index in [0.29, 0.717) is 18.8 Å². The molecule has 0 aliphatic carbocycles. The van der Waals surface area contributed by atoms with E-state index in [0.717, 1.165) is 37.7 Å². The van der Waals surface area contributed by atoms with Crippen LogP contribution in [0.1, 0.15) is 114 Å². The average molecular weight is 471 g/mol. The van der Waals surface area contributed by atoms with Gasteiger partial charge in [-0.25, -0.2) is 8.78 Å². The predicted molar refractivity (Wildman–Crippen MR) is 141 cm³/mol. The van der Waals surface area contributed by atoms with E-state index < -0.39 is 11.7 Å². The summed E-state index contributed by atoms with van der Waals surface area (Å²) >= 11 is 0. The van der Waals surface area contributed by atoms with Crippen molar-refractivity contribution in [3.05, 3.63) is 71.0 Å². The molecule has 34 heavy (non-hydrogen) atoms. The second kappa shape index (κ2) is 17.3. The molecule has 2 rings (SSSR count). The smallest absolute Gasteiger partial charge is 0.161 e. The van der Waals surface area contributed by atoms with Gasteiger partial charge in [0, 0.05) is 12.0 Å². The fourth-order valence-corrected chi connectivity index (χ4v) is 4.10. The van der Waals surface area contributed by atoms with Crippen molar-refractivity contribution in [3.8, 4) is 5.75 Å². The zero-order valence-corrected chi connectivity index (χ0v) is 21.4. The number of allylic oxidation sites excluding steroid dienone is 1. The second-order valence-electron chi connectivity index (χ2n) is 9.38. The van der Waals surface area contributed by atoms with Crippen molar-refractivity contribution >= 4 is 5.83 Å². The summed E-state index contributed by atoms with van der Waals surface area (Å²) in [5.74, 6) is -0.746. The Kier molecular flexibility index (Phi) is 14.3. The molecule has 0 fully saturated rings. The van der Waals surface area contributed by atoms with Crippen LogP contribution in [0.15, 0.2) is 54.4 Å². The summed E-state index contributed by atoms with van der Waals surface area (Å²) in [6.45, 7) is 4.85. The van der Waals surface area contributed by atoms with Crippen LogP contribution in [-0.4, -0.2) is 0 Å². The zero-order valence-electron chi connectivity index (χ0n) is 21.4. The van der Waals surface area contributed by atoms with Crippen LogP contribution in [0.3, 0.4) is 0 Å². The molecule has 0 radical (unpaired) electrons. The van der Waals surface area contributed by atoms with Gasteiger partial charge in [-0.2, -0.15) is 0 Å². The quantitative estimate of drug-likeness (QED) is 0.197. The van der Waals surface area contributed by atoms with Crippen LogP contribution in [0.2, 0.25) is 0 Å². The molecular weight excluding hydrogens is 426 g/mol. The van der Waals surface area contributed by atoms with Crippen LogP contribution in [0.25, 0.3) is 5.83 Å². The van der Waals surface area contributed by atoms with Crippen molar-refractivity contribution in [2.24, 2.45) is 0 Å². The van der Waals surface area contributed by atoms with Gasteiger partial charge in [-0.15, -0.1) is 0 Å². The normalized spacial score (nSPS) is 12.0. The lowest BCUT2D eigenvalue weighted by Gasteiger charge is -2.09. The van der Waals surface area contributed by atoms with E-state index in [4.69, 9.17) is 4.74 Å². The van der Waals surface area contributed by atoms with E-state index in [9.17, 15) is 8.78 Å². The molecule has 0 aliphatic rings. The van der Waals surface area contributed by atoms with Gasteiger partial charge < -0.3 is 4.74 Å². The molecule has 2 aromatic carbocycles. The van der Waals surface area contributed by atoms with Gasteiger partial charge in [-0.3, -0.25) is 0 Å². The summed E-state index contributed by atoms with van der Waals surface area (Å²) in [5, 5.41) is 0. The Bertz CT molecular complexity index is 808. The Morgan fingerprint density at radius 1 is 0.618 bits per heavy atom. The van der Waals surface area contributed by atoms with Crippen LogP contribution in [0.5, 0.6) is 5.75 Å². The maximum absolute atomic E-state index is 14.4. The average Bonchev–Trinajstić information content (AvgIpc) is 2.87. The lowest BCUT2D eigenvalue weighted by Crippen LogP contribution is -1.96. The van der Waals surface area contributed by atoms with Crippen molar-refractivity contribution in [3.63, 3.8) is 0 Å². The molecule has 0 saturated heterocycles. The molecule has 0 spiro atoms. The third kappa shape index (κ3) is 11.3. The topological polar surface area (TPSA) is 9.23 Å². The molecule has 0 aromatic heterocycles. The van der Waals surface area contributed by atoms with Gasteiger partial charge in [0.2, 0.25) is 0 Å². The molecule has 0 N–H and O–H groups in total. The van der Waals surface area contributed by atoms with Crippen molar-refractivity contribution in [2.75, 3.05) is 0 Å². The zero-order chi connectivity index (χ0) is 24.4. The predicted octanol–water partition coefficient (Wildman–Crippen LogP) is 10.5. The highest BCUT2D eigenvalue weighted by Crippen LogP contribution is 2.27. The van der Waals surface area contributed by atoms with Crippen molar-refractivity contribution in [1.82, 2.24) is 0 Å². The minimum absolute atomic E-state index is 0.169. The molecule has 0 saturated carbocycles. The minimum atomic E-state index is -0.751. The lowest BCUT2D eigenvalue weighted by molar-refractivity contribution is 0.306. The van der Waals surface area contributed by atoms with E-state index in [1.165, 1.54) is 50.5 Å². The highest BCUT2D eigenvalue weighted by atomic mass is 19.2. The van der Waals surface area contributed by atoms with Crippen LogP contribution in [-0.2, 0) is 13.0 Å². The number of ether oxygens (including phenoxy) is 1. The number of benzene rings is 2. The molecular formula is C31H44F2O. The monoisotopic (exact) mass is 470 g/mol. The maximum atomic E-state index is 14.4. The first-order chi connectivity index (χ1) is 16.6. The van der Waals surface area contributed by atoms with Gasteiger partial charge in [-0.1, -0.05) is 102 Å². The van der Waals surface area contributed by atoms with Crippen LogP contribution >= 0.6 is 0 Å². The standard InChI is InChI=1S/C31H44F2O/c1-3-5-7-9-10-12-13-15-26-17-19-27(20-18-26)25-34-29-23-21-28(22-24-29)31(33)30(32)16-14-11-8-6-4-2/h17-24H,3-16,25H2,1-2H3. The molecule has 2 aromatic rings. The van der Waals surface area contributed by atoms with Crippen LogP contribution < -0.4 is 4.74 Å². The maximum Gasteiger partial charge on any atom is 0.161 e. The van der Waals surface area contributed by atoms with Gasteiger partial charge in [0.1, 0.15) is 18.2 Å². The van der Waals surface area contributed by atoms with Crippen molar-refractivity contribution in [2.45, 2.75) is 110 Å². The highest BCUT2D eigenvalue weighted by molar-refractivity contribution is 5.61. The summed E-state index contributed by atoms with van der Waals surface area (Å²) in [7, 11) is 0. The van der Waals surface area contributed by atoms with Gasteiger partial charge in [0.05, 0.1) is 0 Å². The Morgan fingerprint density at radius 2 is 1.15 bits per heavy atom. The summed E-state index contributed by atoms with van der Waals surface area (Å²) < 4.78 is 34.3. The molecule has 3 heteroatoms. The van der Waals surface area contributed by atoms with E-state index >= 15 is 0 Å². The lowest BCUT2D eigenvalue weighted by atomic mass is 10.0. The number of hydrogen-bond donors (Lipinski definition) is 0. The third-order valence-electron chi connectivity index (χ3n) is 6.34. The Hall–Kier alpha value is -2.16. The number of rotatable bonds is 18. The number of unbranched alkanes of at least 4 members (excludes halogenated alkanes) is 10. The Balaban J connectivity index is 1.71. The summed E-state index contributed by atoms with van der Waals surface area (Å²) in [6, 6.07) is 15.2. The van der Waals surface area contributed by atoms with Gasteiger partial charge in [0.15, 0.2) is 5.83 Å². The van der Waals surface area contributed by atoms with E-state index in [1.807, 2.05) is 0 Å². The number of hydrogen-bond acceptors (Lipinski definition) is 1. The molecule has 188 valence electrons. The summed E-state index contributed by atoms with van der Waals surface area (Å²) in [5.41, 5.74) is 2.75. The molecule has 0 atom stereocenters. The first-order valence-electron chi connectivity index (χ1n) is 13.5. The minimum Gasteiger partial charge on any atom is -0.489 e. The molecule has 0 bridgehead atoms. The Morgan fingerprint density at radius 3 is 1.76 bits per heavy atom. The molecule has 1 nitrogen and oxygen atoms in total. The fraction of sp³-hybridized carbons (Fsp3) is 0.548. The SMILES string of the molecule is CCCCCCCCCc1ccc(COc2ccc(C(F)=C(F)CCCCCCC)cc2)cc1. The fourth-order valence-electron chi connectivity index (χ4n) is 4.10. The summed E-state index contributed by atoms with van der Waals surface area (Å²) in [6.07, 6.45) is 15.6. The van der Waals surface area contributed by atoms with E-state index in [2.05, 4.69) is 38.1 Å². The molecule has 0 amide bonds. The van der Waals surface area contributed by atoms with Gasteiger partial charge in [-0.05, 0) is 54.7 Å². The second-order valence-corrected chi connectivity index (χ2v) is 9.38. The third-order valence-corrected chi connectivity index (χ3v) is 6.34. The van der Waals surface area contributed by atoms with Crippen molar-refractivity contribution < 1.29 is 13.5 Å². The number of aryl methyl sites for hydroxylation is 1. The van der Waals surface area contributed by atoms with Crippen LogP contribution in [0.4, 0.5) is 8.78 Å². The van der Waals surface area contributed by atoms with Gasteiger partial charge >= 0.3 is 0 Å². The first kappa shape index (κ1) is 28.1. The Labute approximate surface area is 206 Å². The van der Waals surface area contributed by atoms with Crippen LogP contribution in [0, 0.1) is 0 Å². The van der Waals surface area contributed by atoms with Gasteiger partial charge in [0.25, 0.3) is 0 Å². The molecule has 0 aliphatic heterocycles. The molecule has 0 heterocycles. The van der Waals surface area contributed by atoms with E-state index in [-0.39, 0.29) is 12.0 Å².